The van der Waals surface area contributed by atoms with Gasteiger partial charge in [-0.2, -0.15) is 0 Å². The van der Waals surface area contributed by atoms with E-state index in [1.54, 1.807) is 0 Å². The summed E-state index contributed by atoms with van der Waals surface area (Å²) in [6.07, 6.45) is 0.788. The lowest BCUT2D eigenvalue weighted by molar-refractivity contribution is -0.152. The molecule has 1 spiro atoms. The minimum Gasteiger partial charge on any atom is -0.494 e. The molecule has 29 heavy (non-hydrogen) atoms. The van der Waals surface area contributed by atoms with Gasteiger partial charge in [0.15, 0.2) is 5.79 Å². The van der Waals surface area contributed by atoms with Gasteiger partial charge in [0.2, 0.25) is 11.8 Å². The van der Waals surface area contributed by atoms with Crippen LogP contribution in [0.1, 0.15) is 24.8 Å². The summed E-state index contributed by atoms with van der Waals surface area (Å²) in [5, 5.41) is 11.9. The van der Waals surface area contributed by atoms with E-state index in [-0.39, 0.29) is 31.8 Å². The molecule has 9 nitrogen and oxygen atoms in total. The number of carboxylic acids is 1. The Kier molecular flexibility index (Phi) is 6.71. The van der Waals surface area contributed by atoms with E-state index in [0.29, 0.717) is 26.2 Å². The summed E-state index contributed by atoms with van der Waals surface area (Å²) >= 11 is 0. The molecule has 0 bridgehead atoms. The highest BCUT2D eigenvalue weighted by Crippen LogP contribution is 2.34. The number of carboxylic acid groups (broad SMARTS) is 1. The molecule has 0 radical (unpaired) electrons. The zero-order chi connectivity index (χ0) is 20.9. The molecule has 1 aromatic carbocycles. The lowest BCUT2D eigenvalue weighted by Crippen LogP contribution is -2.46. The van der Waals surface area contributed by atoms with Crippen LogP contribution >= 0.6 is 0 Å². The first-order chi connectivity index (χ1) is 13.9. The average Bonchev–Trinajstić information content (AvgIpc) is 3.32. The fraction of sp³-hybridized carbons (Fsp3) is 0.550. The average molecular weight is 406 g/mol. The first kappa shape index (κ1) is 21.1. The lowest BCUT2D eigenvalue weighted by atomic mass is 10.1. The van der Waals surface area contributed by atoms with E-state index in [2.05, 4.69) is 5.32 Å². The minimum atomic E-state index is -1.12. The van der Waals surface area contributed by atoms with Gasteiger partial charge < -0.3 is 29.5 Å². The predicted octanol–water partition coefficient (Wildman–Crippen LogP) is 0.699. The maximum Gasteiger partial charge on any atom is 0.326 e. The number of hydrogen-bond acceptors (Lipinski definition) is 6. The van der Waals surface area contributed by atoms with Gasteiger partial charge in [-0.1, -0.05) is 17.7 Å². The van der Waals surface area contributed by atoms with Gasteiger partial charge in [-0.15, -0.1) is 0 Å². The summed E-state index contributed by atoms with van der Waals surface area (Å²) in [5.74, 6) is -2.19. The van der Waals surface area contributed by atoms with Crippen molar-refractivity contribution in [1.29, 1.82) is 0 Å². The van der Waals surface area contributed by atoms with Gasteiger partial charge >= 0.3 is 5.97 Å². The Labute approximate surface area is 168 Å². The van der Waals surface area contributed by atoms with E-state index >= 15 is 0 Å². The Morgan fingerprint density at radius 2 is 1.93 bits per heavy atom. The standard InChI is InChI=1S/C20H26N2O7/c1-14-4-6-15(7-5-14)27-8-2-3-17(23)21-12-18(24)22-13-20(28-9-10-29-20)11-16(22)19(25)26/h4-7,16H,2-3,8-13H2,1H3,(H,21,23)(H,25,26). The molecule has 0 aliphatic carbocycles. The number of aliphatic carboxylic acids is 1. The third-order valence-corrected chi connectivity index (χ3v) is 4.99. The van der Waals surface area contributed by atoms with E-state index in [0.717, 1.165) is 11.3 Å². The normalized spacial score (nSPS) is 20.0. The number of carbonyl (C=O) groups excluding carboxylic acids is 2. The van der Waals surface area contributed by atoms with Crippen LogP contribution in [0.25, 0.3) is 0 Å². The number of rotatable bonds is 8. The second kappa shape index (κ2) is 9.23. The van der Waals surface area contributed by atoms with Crippen LogP contribution in [-0.4, -0.2) is 72.5 Å². The molecule has 1 unspecified atom stereocenters. The fourth-order valence-corrected chi connectivity index (χ4v) is 3.45. The quantitative estimate of drug-likeness (QED) is 0.611. The van der Waals surface area contributed by atoms with Gasteiger partial charge in [0, 0.05) is 12.8 Å². The topological polar surface area (TPSA) is 114 Å². The number of likely N-dealkylation sites (tertiary alicyclic amines) is 1. The van der Waals surface area contributed by atoms with Gasteiger partial charge in [-0.3, -0.25) is 9.59 Å². The molecule has 2 heterocycles. The maximum atomic E-state index is 12.5. The fourth-order valence-electron chi connectivity index (χ4n) is 3.45. The summed E-state index contributed by atoms with van der Waals surface area (Å²) < 4.78 is 16.6. The largest absolute Gasteiger partial charge is 0.494 e. The second-order valence-corrected chi connectivity index (χ2v) is 7.23. The zero-order valence-corrected chi connectivity index (χ0v) is 16.4. The van der Waals surface area contributed by atoms with Crippen molar-refractivity contribution in [3.8, 4) is 5.75 Å². The molecular formula is C20H26N2O7. The Hall–Kier alpha value is -2.65. The monoisotopic (exact) mass is 406 g/mol. The van der Waals surface area contributed by atoms with Crippen LogP contribution < -0.4 is 10.1 Å². The Balaban J connectivity index is 1.39. The molecule has 9 heteroatoms. The van der Waals surface area contributed by atoms with E-state index in [1.807, 2.05) is 31.2 Å². The molecule has 1 atom stereocenters. The van der Waals surface area contributed by atoms with Gasteiger partial charge in [-0.25, -0.2) is 4.79 Å². The summed E-state index contributed by atoms with van der Waals surface area (Å²) in [5.41, 5.74) is 1.14. The Morgan fingerprint density at radius 3 is 2.59 bits per heavy atom. The van der Waals surface area contributed by atoms with Crippen molar-refractivity contribution < 1.29 is 33.7 Å². The number of ether oxygens (including phenoxy) is 3. The van der Waals surface area contributed by atoms with Crippen molar-refractivity contribution in [2.45, 2.75) is 38.0 Å². The van der Waals surface area contributed by atoms with Crippen molar-refractivity contribution in [2.75, 3.05) is 32.9 Å². The molecule has 0 saturated carbocycles. The second-order valence-electron chi connectivity index (χ2n) is 7.23. The third-order valence-electron chi connectivity index (χ3n) is 4.99. The molecule has 2 aliphatic heterocycles. The van der Waals surface area contributed by atoms with Crippen molar-refractivity contribution in [3.63, 3.8) is 0 Å². The molecule has 2 saturated heterocycles. The molecule has 158 valence electrons. The van der Waals surface area contributed by atoms with E-state index in [9.17, 15) is 19.5 Å². The van der Waals surface area contributed by atoms with Gasteiger partial charge in [0.25, 0.3) is 0 Å². The SMILES string of the molecule is Cc1ccc(OCCCC(=O)NCC(=O)N2CC3(CC2C(=O)O)OCCO3)cc1. The maximum absolute atomic E-state index is 12.5. The molecule has 2 aliphatic rings. The zero-order valence-electron chi connectivity index (χ0n) is 16.4. The first-order valence-corrected chi connectivity index (χ1v) is 9.65. The summed E-state index contributed by atoms with van der Waals surface area (Å²) in [6.45, 7) is 2.89. The lowest BCUT2D eigenvalue weighted by Gasteiger charge is -2.23. The van der Waals surface area contributed by atoms with Crippen molar-refractivity contribution in [2.24, 2.45) is 0 Å². The molecule has 0 aromatic heterocycles. The molecule has 2 amide bonds. The van der Waals surface area contributed by atoms with E-state index < -0.39 is 23.7 Å². The number of hydrogen-bond donors (Lipinski definition) is 2. The van der Waals surface area contributed by atoms with Gasteiger partial charge in [0.1, 0.15) is 11.8 Å². The number of carbonyl (C=O) groups is 3. The van der Waals surface area contributed by atoms with Crippen LogP contribution in [0.2, 0.25) is 0 Å². The van der Waals surface area contributed by atoms with Crippen molar-refractivity contribution in [3.05, 3.63) is 29.8 Å². The summed E-state index contributed by atoms with van der Waals surface area (Å²) in [4.78, 5) is 37.1. The number of nitrogens with zero attached hydrogens (tertiary/aromatic N) is 1. The highest BCUT2D eigenvalue weighted by atomic mass is 16.7. The van der Waals surface area contributed by atoms with Crippen molar-refractivity contribution >= 4 is 17.8 Å². The van der Waals surface area contributed by atoms with E-state index in [1.165, 1.54) is 4.90 Å². The summed E-state index contributed by atoms with van der Waals surface area (Å²) in [6, 6.07) is 6.60. The molecular weight excluding hydrogens is 380 g/mol. The van der Waals surface area contributed by atoms with Crippen LogP contribution in [0.3, 0.4) is 0 Å². The van der Waals surface area contributed by atoms with Crippen LogP contribution in [0.4, 0.5) is 0 Å². The van der Waals surface area contributed by atoms with Crippen molar-refractivity contribution in [1.82, 2.24) is 10.2 Å². The van der Waals surface area contributed by atoms with Crippen LogP contribution in [-0.2, 0) is 23.9 Å². The highest BCUT2D eigenvalue weighted by molar-refractivity contribution is 5.88. The Bertz CT molecular complexity index is 744. The predicted molar refractivity (Wildman–Crippen MR) is 101 cm³/mol. The van der Waals surface area contributed by atoms with Crippen LogP contribution in [0.5, 0.6) is 5.75 Å². The smallest absolute Gasteiger partial charge is 0.326 e. The van der Waals surface area contributed by atoms with E-state index in [4.69, 9.17) is 14.2 Å². The van der Waals surface area contributed by atoms with Crippen LogP contribution in [0.15, 0.2) is 24.3 Å². The number of aryl methyl sites for hydroxylation is 1. The number of amides is 2. The van der Waals surface area contributed by atoms with Gasteiger partial charge in [0.05, 0.1) is 32.9 Å². The number of nitrogens with one attached hydrogen (secondary N) is 1. The minimum absolute atomic E-state index is 0.0447. The highest BCUT2D eigenvalue weighted by Gasteiger charge is 2.52. The summed E-state index contributed by atoms with van der Waals surface area (Å²) in [7, 11) is 0. The number of benzene rings is 1. The van der Waals surface area contributed by atoms with Gasteiger partial charge in [-0.05, 0) is 25.5 Å². The van der Waals surface area contributed by atoms with Crippen LogP contribution in [0, 0.1) is 6.92 Å². The third kappa shape index (κ3) is 5.45. The molecule has 2 fully saturated rings. The first-order valence-electron chi connectivity index (χ1n) is 9.65. The molecule has 1 aromatic rings. The Morgan fingerprint density at radius 1 is 1.24 bits per heavy atom. The molecule has 2 N–H and O–H groups in total. The molecule has 3 rings (SSSR count).